The van der Waals surface area contributed by atoms with Gasteiger partial charge in [0.1, 0.15) is 5.82 Å². The van der Waals surface area contributed by atoms with Crippen molar-refractivity contribution in [3.8, 4) is 0 Å². The zero-order chi connectivity index (χ0) is 17.4. The maximum absolute atomic E-state index is 4.59. The van der Waals surface area contributed by atoms with Crippen LogP contribution in [0.5, 0.6) is 0 Å². The number of nitrogens with one attached hydrogen (secondary N) is 3. The Morgan fingerprint density at radius 3 is 2.88 bits per heavy atom. The van der Waals surface area contributed by atoms with E-state index in [1.807, 2.05) is 12.4 Å². The third-order valence-electron chi connectivity index (χ3n) is 4.82. The molecule has 0 unspecified atom stereocenters. The maximum Gasteiger partial charge on any atom is 0.177 e. The van der Waals surface area contributed by atoms with Gasteiger partial charge in [0, 0.05) is 29.6 Å². The van der Waals surface area contributed by atoms with Gasteiger partial charge in [0.05, 0.1) is 16.4 Å². The monoisotopic (exact) mass is 334 g/mol. The van der Waals surface area contributed by atoms with E-state index in [2.05, 4.69) is 70.6 Å². The molecule has 0 amide bonds. The molecule has 0 radical (unpaired) electrons. The summed E-state index contributed by atoms with van der Waals surface area (Å²) < 4.78 is 0. The molecule has 0 aliphatic carbocycles. The Balaban J connectivity index is 1.82. The lowest BCUT2D eigenvalue weighted by atomic mass is 10.0. The van der Waals surface area contributed by atoms with Gasteiger partial charge in [-0.05, 0) is 57.1 Å². The number of pyridine rings is 2. The van der Waals surface area contributed by atoms with Crippen molar-refractivity contribution < 1.29 is 4.98 Å². The van der Waals surface area contributed by atoms with Crippen LogP contribution in [-0.2, 0) is 0 Å². The molecule has 1 aromatic carbocycles. The van der Waals surface area contributed by atoms with Crippen molar-refractivity contribution in [1.82, 2.24) is 14.9 Å². The van der Waals surface area contributed by atoms with Gasteiger partial charge in [0.2, 0.25) is 0 Å². The van der Waals surface area contributed by atoms with Crippen molar-refractivity contribution in [2.24, 2.45) is 0 Å². The summed E-state index contributed by atoms with van der Waals surface area (Å²) in [6, 6.07) is 6.44. The number of hydrogen-bond acceptors (Lipinski definition) is 3. The zero-order valence-corrected chi connectivity index (χ0v) is 15.0. The number of fused-ring (bicyclic) bond motifs is 4. The van der Waals surface area contributed by atoms with Gasteiger partial charge in [-0.1, -0.05) is 0 Å². The smallest absolute Gasteiger partial charge is 0.177 e. The Morgan fingerprint density at radius 1 is 1.16 bits per heavy atom. The van der Waals surface area contributed by atoms with Gasteiger partial charge in [-0.2, -0.15) is 0 Å². The summed E-state index contributed by atoms with van der Waals surface area (Å²) in [5.74, 6) is 0.968. The van der Waals surface area contributed by atoms with E-state index in [1.54, 1.807) is 0 Å². The highest BCUT2D eigenvalue weighted by atomic mass is 15.1. The molecule has 25 heavy (non-hydrogen) atoms. The molecule has 0 saturated carbocycles. The SMILES string of the molecule is Cc1c2ccnc(NCCCN(C)C)c2cc2c1[nH]c1cc[nH+]cc12. The molecule has 0 bridgehead atoms. The van der Waals surface area contributed by atoms with Crippen LogP contribution < -0.4 is 10.3 Å². The van der Waals surface area contributed by atoms with Crippen LogP contribution in [0.3, 0.4) is 0 Å². The number of hydrogen-bond donors (Lipinski definition) is 2. The van der Waals surface area contributed by atoms with Crippen LogP contribution >= 0.6 is 0 Å². The standard InChI is InChI=1S/C20H23N5/c1-13-14-5-9-23-20(22-7-4-10-25(2)3)16(14)11-15-17-12-21-8-6-18(17)24-19(13)15/h5-6,8-9,11-12,24H,4,7,10H2,1-3H3,(H,22,23)/p+1. The van der Waals surface area contributed by atoms with E-state index >= 15 is 0 Å². The van der Waals surface area contributed by atoms with Crippen LogP contribution in [0.15, 0.2) is 36.8 Å². The maximum atomic E-state index is 4.59. The molecule has 3 heterocycles. The Bertz CT molecular complexity index is 1050. The average Bonchev–Trinajstić information content (AvgIpc) is 2.98. The lowest BCUT2D eigenvalue weighted by molar-refractivity contribution is -0.375. The molecule has 4 aromatic rings. The fourth-order valence-corrected chi connectivity index (χ4v) is 3.51. The first-order chi connectivity index (χ1) is 12.1. The highest BCUT2D eigenvalue weighted by Crippen LogP contribution is 2.34. The largest absolute Gasteiger partial charge is 0.370 e. The summed E-state index contributed by atoms with van der Waals surface area (Å²) in [4.78, 5) is 13.5. The van der Waals surface area contributed by atoms with Crippen LogP contribution in [0.1, 0.15) is 12.0 Å². The third kappa shape index (κ3) is 2.81. The minimum atomic E-state index is 0.920. The lowest BCUT2D eigenvalue weighted by Gasteiger charge is -2.13. The highest BCUT2D eigenvalue weighted by Gasteiger charge is 2.13. The van der Waals surface area contributed by atoms with Gasteiger partial charge in [-0.25, -0.2) is 9.97 Å². The summed E-state index contributed by atoms with van der Waals surface area (Å²) >= 11 is 0. The predicted molar refractivity (Wildman–Crippen MR) is 104 cm³/mol. The first kappa shape index (κ1) is 15.8. The minimum Gasteiger partial charge on any atom is -0.370 e. The van der Waals surface area contributed by atoms with Crippen molar-refractivity contribution >= 4 is 38.4 Å². The molecular formula is C20H24N5+. The lowest BCUT2D eigenvalue weighted by Crippen LogP contribution is -2.16. The van der Waals surface area contributed by atoms with E-state index in [0.717, 1.165) is 30.8 Å². The minimum absolute atomic E-state index is 0.920. The quantitative estimate of drug-likeness (QED) is 0.550. The number of rotatable bonds is 5. The first-order valence-corrected chi connectivity index (χ1v) is 8.73. The van der Waals surface area contributed by atoms with Crippen LogP contribution in [0.4, 0.5) is 5.82 Å². The van der Waals surface area contributed by atoms with Crippen molar-refractivity contribution in [2.45, 2.75) is 13.3 Å². The van der Waals surface area contributed by atoms with Gasteiger partial charge >= 0.3 is 0 Å². The first-order valence-electron chi connectivity index (χ1n) is 8.73. The molecule has 0 aliphatic heterocycles. The topological polar surface area (TPSA) is 58.1 Å². The number of aromatic amines is 2. The number of H-pyrrole nitrogens is 2. The van der Waals surface area contributed by atoms with Crippen molar-refractivity contribution in [3.63, 3.8) is 0 Å². The summed E-state index contributed by atoms with van der Waals surface area (Å²) in [7, 11) is 4.20. The number of aromatic nitrogens is 3. The molecule has 5 heteroatoms. The van der Waals surface area contributed by atoms with Crippen LogP contribution in [-0.4, -0.2) is 42.1 Å². The van der Waals surface area contributed by atoms with E-state index in [1.165, 1.54) is 32.6 Å². The Hall–Kier alpha value is -2.66. The summed E-state index contributed by atoms with van der Waals surface area (Å²) in [6.45, 7) is 4.17. The summed E-state index contributed by atoms with van der Waals surface area (Å²) in [5, 5.41) is 8.40. The van der Waals surface area contributed by atoms with E-state index in [4.69, 9.17) is 0 Å². The molecule has 5 nitrogen and oxygen atoms in total. The molecular weight excluding hydrogens is 310 g/mol. The van der Waals surface area contributed by atoms with Gasteiger partial charge in [-0.3, -0.25) is 0 Å². The normalized spacial score (nSPS) is 11.8. The van der Waals surface area contributed by atoms with Gasteiger partial charge in [0.15, 0.2) is 12.4 Å². The number of benzene rings is 1. The molecule has 0 atom stereocenters. The molecule has 0 aliphatic rings. The van der Waals surface area contributed by atoms with E-state index < -0.39 is 0 Å². The van der Waals surface area contributed by atoms with Gasteiger partial charge in [0.25, 0.3) is 0 Å². The highest BCUT2D eigenvalue weighted by molar-refractivity contribution is 6.14. The van der Waals surface area contributed by atoms with Crippen molar-refractivity contribution in [2.75, 3.05) is 32.5 Å². The Morgan fingerprint density at radius 2 is 2.04 bits per heavy atom. The number of anilines is 1. The number of nitrogens with zero attached hydrogens (tertiary/aromatic N) is 2. The molecule has 0 fully saturated rings. The van der Waals surface area contributed by atoms with Gasteiger partial charge < -0.3 is 15.2 Å². The molecule has 3 N–H and O–H groups in total. The van der Waals surface area contributed by atoms with E-state index in [9.17, 15) is 0 Å². The predicted octanol–water partition coefficient (Wildman–Crippen LogP) is 3.36. The molecule has 3 aromatic heterocycles. The summed E-state index contributed by atoms with van der Waals surface area (Å²) in [6.07, 6.45) is 6.99. The molecule has 4 rings (SSSR count). The van der Waals surface area contributed by atoms with Crippen molar-refractivity contribution in [1.29, 1.82) is 0 Å². The third-order valence-corrected chi connectivity index (χ3v) is 4.82. The second-order valence-corrected chi connectivity index (χ2v) is 6.86. The van der Waals surface area contributed by atoms with E-state index in [-0.39, 0.29) is 0 Å². The Labute approximate surface area is 147 Å². The van der Waals surface area contributed by atoms with E-state index in [0.29, 0.717) is 0 Å². The van der Waals surface area contributed by atoms with Crippen LogP contribution in [0.2, 0.25) is 0 Å². The van der Waals surface area contributed by atoms with Crippen LogP contribution in [0.25, 0.3) is 32.6 Å². The van der Waals surface area contributed by atoms with Crippen LogP contribution in [0, 0.1) is 6.92 Å². The number of aryl methyl sites for hydroxylation is 1. The van der Waals surface area contributed by atoms with Crippen molar-refractivity contribution in [3.05, 3.63) is 42.4 Å². The summed E-state index contributed by atoms with van der Waals surface area (Å²) in [5.41, 5.74) is 3.62. The molecule has 128 valence electrons. The Kier molecular flexibility index (Phi) is 4.01. The fraction of sp³-hybridized carbons (Fsp3) is 0.300. The molecule has 0 saturated heterocycles. The average molecular weight is 334 g/mol. The van der Waals surface area contributed by atoms with Gasteiger partial charge in [-0.15, -0.1) is 0 Å². The second-order valence-electron chi connectivity index (χ2n) is 6.86. The molecule has 0 spiro atoms. The fourth-order valence-electron chi connectivity index (χ4n) is 3.51. The zero-order valence-electron chi connectivity index (χ0n) is 15.0. The second kappa shape index (κ2) is 6.33.